The van der Waals surface area contributed by atoms with Gasteiger partial charge in [-0.25, -0.2) is 4.79 Å². The zero-order valence-electron chi connectivity index (χ0n) is 10.1. The molecule has 0 aliphatic heterocycles. The van der Waals surface area contributed by atoms with Crippen molar-refractivity contribution in [2.75, 3.05) is 5.32 Å². The van der Waals surface area contributed by atoms with Crippen LogP contribution < -0.4 is 10.6 Å². The number of nitrogens with one attached hydrogen (secondary N) is 2. The Bertz CT molecular complexity index is 608. The number of carbonyl (C=O) groups is 1. The van der Waals surface area contributed by atoms with E-state index >= 15 is 0 Å². The Morgan fingerprint density at radius 1 is 1.45 bits per heavy atom. The summed E-state index contributed by atoms with van der Waals surface area (Å²) in [6.45, 7) is 1.53. The maximum atomic E-state index is 12.2. The van der Waals surface area contributed by atoms with E-state index in [0.717, 1.165) is 5.56 Å². The van der Waals surface area contributed by atoms with E-state index in [4.69, 9.17) is 0 Å². The van der Waals surface area contributed by atoms with E-state index in [0.29, 0.717) is 5.69 Å². The molecule has 108 valence electrons. The Morgan fingerprint density at radius 3 is 2.75 bits per heavy atom. The van der Waals surface area contributed by atoms with Crippen molar-refractivity contribution in [2.45, 2.75) is 19.6 Å². The number of nitrogens with zero attached hydrogens (tertiary/aromatic N) is 2. The minimum Gasteiger partial charge on any atom is -0.337 e. The minimum absolute atomic E-state index is 0.294. The lowest BCUT2D eigenvalue weighted by atomic mass is 10.3. The van der Waals surface area contributed by atoms with Crippen LogP contribution in [0.15, 0.2) is 15.3 Å². The van der Waals surface area contributed by atoms with Crippen molar-refractivity contribution in [1.82, 2.24) is 15.5 Å². The monoisotopic (exact) mass is 306 g/mol. The average molecular weight is 306 g/mol. The summed E-state index contributed by atoms with van der Waals surface area (Å²) in [5.41, 5.74) is 1.52. The second-order valence-electron chi connectivity index (χ2n) is 3.79. The molecule has 2 rings (SSSR count). The third-order valence-corrected chi connectivity index (χ3v) is 3.09. The number of amides is 2. The Hall–Kier alpha value is -2.10. The molecule has 0 aliphatic carbocycles. The molecule has 20 heavy (non-hydrogen) atoms. The Kier molecular flexibility index (Phi) is 3.93. The van der Waals surface area contributed by atoms with Gasteiger partial charge < -0.3 is 15.2 Å². The van der Waals surface area contributed by atoms with Gasteiger partial charge in [0, 0.05) is 5.38 Å². The van der Waals surface area contributed by atoms with Crippen LogP contribution in [0.5, 0.6) is 0 Å². The number of carbonyl (C=O) groups excluding carboxylic acids is 1. The van der Waals surface area contributed by atoms with E-state index in [1.807, 2.05) is 12.3 Å². The van der Waals surface area contributed by atoms with Gasteiger partial charge >= 0.3 is 12.2 Å². The first-order valence-corrected chi connectivity index (χ1v) is 6.28. The number of aryl methyl sites for hydroxylation is 1. The fraction of sp³-hybridized carbons (Fsp3) is 0.300. The third-order valence-electron chi connectivity index (χ3n) is 2.23. The van der Waals surface area contributed by atoms with Crippen LogP contribution in [0.1, 0.15) is 17.3 Å². The van der Waals surface area contributed by atoms with E-state index in [2.05, 4.69) is 25.3 Å². The van der Waals surface area contributed by atoms with Crippen LogP contribution >= 0.6 is 11.3 Å². The Morgan fingerprint density at radius 2 is 2.20 bits per heavy atom. The molecule has 0 radical (unpaired) electrons. The smallest absolute Gasteiger partial charge is 0.337 e. The van der Waals surface area contributed by atoms with Crippen LogP contribution in [0.2, 0.25) is 0 Å². The molecule has 2 aromatic rings. The van der Waals surface area contributed by atoms with Gasteiger partial charge in [0.25, 0.3) is 5.82 Å². The highest BCUT2D eigenvalue weighted by Gasteiger charge is 2.37. The van der Waals surface area contributed by atoms with E-state index < -0.39 is 18.0 Å². The van der Waals surface area contributed by atoms with Crippen molar-refractivity contribution in [3.8, 4) is 0 Å². The summed E-state index contributed by atoms with van der Waals surface area (Å²) in [7, 11) is 0. The van der Waals surface area contributed by atoms with Gasteiger partial charge in [0.2, 0.25) is 5.89 Å². The lowest BCUT2D eigenvalue weighted by Crippen LogP contribution is -2.28. The number of alkyl halides is 3. The van der Waals surface area contributed by atoms with Crippen molar-refractivity contribution in [2.24, 2.45) is 0 Å². The fourth-order valence-corrected chi connectivity index (χ4v) is 2.03. The van der Waals surface area contributed by atoms with Gasteiger partial charge in [-0.05, 0) is 17.9 Å². The first-order valence-electron chi connectivity index (χ1n) is 5.33. The molecule has 0 saturated heterocycles. The number of halogens is 3. The number of urea groups is 1. The molecule has 0 saturated carbocycles. The summed E-state index contributed by atoms with van der Waals surface area (Å²) < 4.78 is 41.0. The molecular formula is C10H9F3N4O2S. The maximum Gasteiger partial charge on any atom is 0.455 e. The number of hydrogen-bond acceptors (Lipinski definition) is 5. The first kappa shape index (κ1) is 14.3. The van der Waals surface area contributed by atoms with E-state index in [-0.39, 0.29) is 12.4 Å². The number of aromatic nitrogens is 2. The molecule has 0 atom stereocenters. The molecule has 0 unspecified atom stereocenters. The lowest BCUT2D eigenvalue weighted by molar-refractivity contribution is -0.146. The molecule has 2 N–H and O–H groups in total. The summed E-state index contributed by atoms with van der Waals surface area (Å²) in [5.74, 6) is -1.70. The molecule has 10 heteroatoms. The Balaban J connectivity index is 1.88. The van der Waals surface area contributed by atoms with Gasteiger partial charge in [0.15, 0.2) is 0 Å². The number of thiophene rings is 1. The topological polar surface area (TPSA) is 80.0 Å². The summed E-state index contributed by atoms with van der Waals surface area (Å²) in [6, 6.07) is -0.571. The van der Waals surface area contributed by atoms with E-state index in [9.17, 15) is 18.0 Å². The lowest BCUT2D eigenvalue weighted by Gasteiger charge is -2.04. The van der Waals surface area contributed by atoms with Crippen LogP contribution in [-0.4, -0.2) is 16.2 Å². The number of anilines is 1. The molecule has 0 fully saturated rings. The van der Waals surface area contributed by atoms with Crippen molar-refractivity contribution < 1.29 is 22.5 Å². The summed E-state index contributed by atoms with van der Waals surface area (Å²) in [5, 5.41) is 11.2. The Labute approximate surface area is 115 Å². The molecular weight excluding hydrogens is 297 g/mol. The molecule has 2 heterocycles. The van der Waals surface area contributed by atoms with Crippen LogP contribution in [-0.2, 0) is 12.7 Å². The van der Waals surface area contributed by atoms with Crippen LogP contribution in [0.4, 0.5) is 23.7 Å². The third kappa shape index (κ3) is 3.47. The van der Waals surface area contributed by atoms with Crippen LogP contribution in [0.25, 0.3) is 0 Å². The SMILES string of the molecule is Cc1cscc1NC(=O)NCc1nc(C(F)(F)F)no1. The zero-order chi connectivity index (χ0) is 14.8. The molecule has 0 bridgehead atoms. The van der Waals surface area contributed by atoms with Gasteiger partial charge in [0.05, 0.1) is 12.2 Å². The standard InChI is InChI=1S/C10H9F3N4O2S/c1-5-3-20-4-6(5)15-9(18)14-2-7-16-8(17-19-7)10(11,12)13/h3-4H,2H2,1H3,(H2,14,15,18). The number of rotatable bonds is 3. The summed E-state index contributed by atoms with van der Waals surface area (Å²) in [4.78, 5) is 14.6. The molecule has 2 amide bonds. The normalized spacial score (nSPS) is 11.4. The summed E-state index contributed by atoms with van der Waals surface area (Å²) >= 11 is 1.42. The van der Waals surface area contributed by atoms with Crippen molar-refractivity contribution in [3.05, 3.63) is 28.0 Å². The molecule has 0 aliphatic rings. The largest absolute Gasteiger partial charge is 0.455 e. The molecule has 6 nitrogen and oxygen atoms in total. The van der Waals surface area contributed by atoms with Gasteiger partial charge in [-0.3, -0.25) is 0 Å². The number of hydrogen-bond donors (Lipinski definition) is 2. The summed E-state index contributed by atoms with van der Waals surface area (Å²) in [6.07, 6.45) is -4.67. The second kappa shape index (κ2) is 5.49. The maximum absolute atomic E-state index is 12.2. The highest BCUT2D eigenvalue weighted by Crippen LogP contribution is 2.26. The van der Waals surface area contributed by atoms with Gasteiger partial charge in [-0.15, -0.1) is 11.3 Å². The molecule has 0 spiro atoms. The van der Waals surface area contributed by atoms with Crippen molar-refractivity contribution in [1.29, 1.82) is 0 Å². The second-order valence-corrected chi connectivity index (χ2v) is 4.53. The van der Waals surface area contributed by atoms with Crippen LogP contribution in [0.3, 0.4) is 0 Å². The highest BCUT2D eigenvalue weighted by molar-refractivity contribution is 7.08. The van der Waals surface area contributed by atoms with E-state index in [1.54, 1.807) is 5.38 Å². The van der Waals surface area contributed by atoms with E-state index in [1.165, 1.54) is 11.3 Å². The van der Waals surface area contributed by atoms with Crippen molar-refractivity contribution in [3.63, 3.8) is 0 Å². The van der Waals surface area contributed by atoms with Gasteiger partial charge in [0.1, 0.15) is 0 Å². The van der Waals surface area contributed by atoms with Crippen molar-refractivity contribution >= 4 is 23.1 Å². The fourth-order valence-electron chi connectivity index (χ4n) is 1.25. The average Bonchev–Trinajstić information content (AvgIpc) is 2.96. The van der Waals surface area contributed by atoms with Gasteiger partial charge in [-0.1, -0.05) is 5.16 Å². The zero-order valence-corrected chi connectivity index (χ0v) is 10.9. The predicted octanol–water partition coefficient (Wildman–Crippen LogP) is 2.78. The quantitative estimate of drug-likeness (QED) is 0.913. The predicted molar refractivity (Wildman–Crippen MR) is 64.2 cm³/mol. The highest BCUT2D eigenvalue weighted by atomic mass is 32.1. The molecule has 0 aromatic carbocycles. The molecule has 2 aromatic heterocycles. The minimum atomic E-state index is -4.67. The van der Waals surface area contributed by atoms with Crippen LogP contribution in [0, 0.1) is 6.92 Å². The first-order chi connectivity index (χ1) is 9.36. The van der Waals surface area contributed by atoms with Gasteiger partial charge in [-0.2, -0.15) is 18.2 Å².